The van der Waals surface area contributed by atoms with Crippen LogP contribution in [0.5, 0.6) is 0 Å². The van der Waals surface area contributed by atoms with Gasteiger partial charge in [0, 0.05) is 24.0 Å². The van der Waals surface area contributed by atoms with Gasteiger partial charge in [-0.05, 0) is 42.3 Å². The average Bonchev–Trinajstić information content (AvgIpc) is 2.22. The van der Waals surface area contributed by atoms with Crippen molar-refractivity contribution < 1.29 is 0 Å². The Hall–Kier alpha value is -1.83. The second-order valence-electron chi connectivity index (χ2n) is 3.74. The number of aryl methyl sites for hydroxylation is 1. The molecule has 0 fully saturated rings. The van der Waals surface area contributed by atoms with E-state index in [0.717, 1.165) is 17.8 Å². The molecule has 2 rings (SSSR count). The Morgan fingerprint density at radius 1 is 1.13 bits per heavy atom. The molecule has 0 aliphatic rings. The number of nitrogen functional groups attached to an aromatic ring is 1. The Labute approximate surface area is 89.8 Å². The van der Waals surface area contributed by atoms with Gasteiger partial charge in [-0.25, -0.2) is 0 Å². The van der Waals surface area contributed by atoms with Gasteiger partial charge >= 0.3 is 0 Å². The summed E-state index contributed by atoms with van der Waals surface area (Å²) in [7, 11) is 0. The molecule has 2 nitrogen and oxygen atoms in total. The van der Waals surface area contributed by atoms with Crippen LogP contribution in [0.2, 0.25) is 0 Å². The third-order valence-corrected chi connectivity index (χ3v) is 2.34. The quantitative estimate of drug-likeness (QED) is 0.753. The van der Waals surface area contributed by atoms with Gasteiger partial charge < -0.3 is 5.73 Å². The van der Waals surface area contributed by atoms with E-state index < -0.39 is 0 Å². The molecule has 0 spiro atoms. The van der Waals surface area contributed by atoms with Crippen LogP contribution in [0.1, 0.15) is 16.8 Å². The van der Waals surface area contributed by atoms with E-state index >= 15 is 0 Å². The highest BCUT2D eigenvalue weighted by Gasteiger charge is 1.97. The van der Waals surface area contributed by atoms with Gasteiger partial charge in [0.15, 0.2) is 0 Å². The van der Waals surface area contributed by atoms with Crippen LogP contribution in [0.3, 0.4) is 0 Å². The molecule has 76 valence electrons. The predicted octanol–water partition coefficient (Wildman–Crippen LogP) is 2.56. The minimum Gasteiger partial charge on any atom is -0.399 e. The second-order valence-corrected chi connectivity index (χ2v) is 3.74. The molecule has 0 amide bonds. The largest absolute Gasteiger partial charge is 0.399 e. The van der Waals surface area contributed by atoms with Crippen LogP contribution in [0.25, 0.3) is 0 Å². The lowest BCUT2D eigenvalue weighted by atomic mass is 10.1. The first-order valence-corrected chi connectivity index (χ1v) is 5.00. The van der Waals surface area contributed by atoms with Gasteiger partial charge in [-0.15, -0.1) is 0 Å². The maximum atomic E-state index is 5.63. The number of hydrogen-bond acceptors (Lipinski definition) is 2. The topological polar surface area (TPSA) is 38.9 Å². The van der Waals surface area contributed by atoms with Crippen molar-refractivity contribution in [3.63, 3.8) is 0 Å². The van der Waals surface area contributed by atoms with Crippen LogP contribution in [-0.2, 0) is 6.42 Å². The molecular formula is C13H14N2. The summed E-state index contributed by atoms with van der Waals surface area (Å²) in [6, 6.07) is 12.0. The predicted molar refractivity (Wildman–Crippen MR) is 62.6 cm³/mol. The summed E-state index contributed by atoms with van der Waals surface area (Å²) < 4.78 is 0. The Balaban J connectivity index is 2.18. The summed E-state index contributed by atoms with van der Waals surface area (Å²) >= 11 is 0. The number of rotatable bonds is 2. The number of hydrogen-bond donors (Lipinski definition) is 1. The minimum atomic E-state index is 0.802. The van der Waals surface area contributed by atoms with Crippen LogP contribution in [-0.4, -0.2) is 4.98 Å². The smallest absolute Gasteiger partial charge is 0.0450 e. The first-order chi connectivity index (χ1) is 7.24. The number of nitrogens with zero attached hydrogens (tertiary/aromatic N) is 1. The van der Waals surface area contributed by atoms with Gasteiger partial charge in [-0.3, -0.25) is 4.98 Å². The van der Waals surface area contributed by atoms with Gasteiger partial charge in [-0.2, -0.15) is 0 Å². The van der Waals surface area contributed by atoms with Crippen LogP contribution >= 0.6 is 0 Å². The Morgan fingerprint density at radius 3 is 2.53 bits per heavy atom. The molecule has 0 atom stereocenters. The van der Waals surface area contributed by atoms with Crippen molar-refractivity contribution in [1.29, 1.82) is 0 Å². The van der Waals surface area contributed by atoms with E-state index in [1.807, 2.05) is 36.5 Å². The van der Waals surface area contributed by atoms with Crippen molar-refractivity contribution in [2.45, 2.75) is 13.3 Å². The highest BCUT2D eigenvalue weighted by molar-refractivity contribution is 5.40. The van der Waals surface area contributed by atoms with Gasteiger partial charge in [0.1, 0.15) is 0 Å². The summed E-state index contributed by atoms with van der Waals surface area (Å²) in [5, 5.41) is 0. The van der Waals surface area contributed by atoms with Gasteiger partial charge in [-0.1, -0.05) is 12.1 Å². The van der Waals surface area contributed by atoms with E-state index in [4.69, 9.17) is 5.73 Å². The lowest BCUT2D eigenvalue weighted by molar-refractivity contribution is 1.06. The molecule has 15 heavy (non-hydrogen) atoms. The van der Waals surface area contributed by atoms with Crippen LogP contribution in [0.15, 0.2) is 42.6 Å². The Kier molecular flexibility index (Phi) is 2.68. The fourth-order valence-corrected chi connectivity index (χ4v) is 1.54. The number of aromatic nitrogens is 1. The first kappa shape index (κ1) is 9.71. The molecule has 0 saturated carbocycles. The number of benzene rings is 1. The summed E-state index contributed by atoms with van der Waals surface area (Å²) in [5.41, 5.74) is 10.0. The molecule has 1 aromatic carbocycles. The molecule has 0 unspecified atom stereocenters. The van der Waals surface area contributed by atoms with Gasteiger partial charge in [0.2, 0.25) is 0 Å². The molecule has 2 aromatic rings. The zero-order valence-electron chi connectivity index (χ0n) is 8.77. The molecule has 0 radical (unpaired) electrons. The number of anilines is 1. The van der Waals surface area contributed by atoms with E-state index in [9.17, 15) is 0 Å². The molecule has 0 saturated heterocycles. The van der Waals surface area contributed by atoms with Crippen molar-refractivity contribution in [3.05, 3.63) is 59.4 Å². The zero-order chi connectivity index (χ0) is 10.7. The van der Waals surface area contributed by atoms with Crippen molar-refractivity contribution in [2.75, 3.05) is 5.73 Å². The Morgan fingerprint density at radius 2 is 1.87 bits per heavy atom. The third-order valence-electron chi connectivity index (χ3n) is 2.34. The number of pyridine rings is 1. The summed E-state index contributed by atoms with van der Waals surface area (Å²) in [6.45, 7) is 2.08. The monoisotopic (exact) mass is 198 g/mol. The van der Waals surface area contributed by atoms with Crippen LogP contribution in [0.4, 0.5) is 5.69 Å². The lowest BCUT2D eigenvalue weighted by Gasteiger charge is -2.02. The second kappa shape index (κ2) is 4.13. The lowest BCUT2D eigenvalue weighted by Crippen LogP contribution is -1.93. The van der Waals surface area contributed by atoms with E-state index in [2.05, 4.69) is 18.0 Å². The van der Waals surface area contributed by atoms with E-state index in [1.54, 1.807) is 0 Å². The first-order valence-electron chi connectivity index (χ1n) is 5.00. The van der Waals surface area contributed by atoms with Crippen LogP contribution < -0.4 is 5.73 Å². The molecule has 2 heteroatoms. The van der Waals surface area contributed by atoms with E-state index in [0.29, 0.717) is 0 Å². The van der Waals surface area contributed by atoms with E-state index in [1.165, 1.54) is 11.1 Å². The zero-order valence-corrected chi connectivity index (χ0v) is 8.77. The normalized spacial score (nSPS) is 10.2. The summed E-state index contributed by atoms with van der Waals surface area (Å²) in [4.78, 5) is 4.33. The highest BCUT2D eigenvalue weighted by Crippen LogP contribution is 2.10. The van der Waals surface area contributed by atoms with Crippen molar-refractivity contribution in [3.8, 4) is 0 Å². The molecule has 0 bridgehead atoms. The molecule has 1 heterocycles. The minimum absolute atomic E-state index is 0.802. The summed E-state index contributed by atoms with van der Waals surface area (Å²) in [6.07, 6.45) is 2.71. The SMILES string of the molecule is Cc1ccnc(Cc2ccc(N)cc2)c1. The fraction of sp³-hybridized carbons (Fsp3) is 0.154. The Bertz CT molecular complexity index is 446. The van der Waals surface area contributed by atoms with Gasteiger partial charge in [0.05, 0.1) is 0 Å². The summed E-state index contributed by atoms with van der Waals surface area (Å²) in [5.74, 6) is 0. The average molecular weight is 198 g/mol. The molecule has 2 N–H and O–H groups in total. The van der Waals surface area contributed by atoms with Crippen molar-refractivity contribution in [1.82, 2.24) is 4.98 Å². The number of nitrogens with two attached hydrogens (primary N) is 1. The maximum Gasteiger partial charge on any atom is 0.0450 e. The molecule has 0 aliphatic heterocycles. The van der Waals surface area contributed by atoms with Crippen molar-refractivity contribution in [2.24, 2.45) is 0 Å². The molecule has 0 aliphatic carbocycles. The van der Waals surface area contributed by atoms with Crippen molar-refractivity contribution >= 4 is 5.69 Å². The fourth-order valence-electron chi connectivity index (χ4n) is 1.54. The highest BCUT2D eigenvalue weighted by atomic mass is 14.7. The van der Waals surface area contributed by atoms with Crippen LogP contribution in [0, 0.1) is 6.92 Å². The maximum absolute atomic E-state index is 5.63. The molecular weight excluding hydrogens is 184 g/mol. The van der Waals surface area contributed by atoms with Gasteiger partial charge in [0.25, 0.3) is 0 Å². The standard InChI is InChI=1S/C13H14N2/c1-10-6-7-15-13(8-10)9-11-2-4-12(14)5-3-11/h2-8H,9,14H2,1H3. The molecule has 1 aromatic heterocycles. The third kappa shape index (κ3) is 2.56. The van der Waals surface area contributed by atoms with E-state index in [-0.39, 0.29) is 0 Å².